The standard InChI is InChI=1S/C32H63NO2/c1-4-7-10-13-16-17-18-19-22-25-28-33(29-31(34)26-23-20-14-11-8-5-2)30-32(35)27-24-21-15-12-9-6-3/h29-30,34-35H,4-28H2,1-3H3. The van der Waals surface area contributed by atoms with Crippen molar-refractivity contribution in [2.24, 2.45) is 0 Å². The van der Waals surface area contributed by atoms with Crippen LogP contribution >= 0.6 is 0 Å². The third kappa shape index (κ3) is 25.8. The van der Waals surface area contributed by atoms with Crippen molar-refractivity contribution in [2.75, 3.05) is 6.54 Å². The second-order valence-electron chi connectivity index (χ2n) is 10.7. The first-order chi connectivity index (χ1) is 17.1. The van der Waals surface area contributed by atoms with E-state index in [4.69, 9.17) is 0 Å². The fourth-order valence-electron chi connectivity index (χ4n) is 4.63. The molecule has 0 fully saturated rings. The molecule has 0 aromatic carbocycles. The minimum absolute atomic E-state index is 0.455. The van der Waals surface area contributed by atoms with Crippen LogP contribution in [0.1, 0.15) is 175 Å². The molecule has 0 aromatic rings. The van der Waals surface area contributed by atoms with Gasteiger partial charge >= 0.3 is 0 Å². The number of nitrogens with zero attached hydrogens (tertiary/aromatic N) is 1. The summed E-state index contributed by atoms with van der Waals surface area (Å²) in [7, 11) is 0. The van der Waals surface area contributed by atoms with E-state index in [9.17, 15) is 10.2 Å². The lowest BCUT2D eigenvalue weighted by molar-refractivity contribution is 0.334. The summed E-state index contributed by atoms with van der Waals surface area (Å²) in [6.07, 6.45) is 33.2. The highest BCUT2D eigenvalue weighted by Gasteiger charge is 2.04. The Balaban J connectivity index is 4.40. The van der Waals surface area contributed by atoms with Crippen molar-refractivity contribution in [3.05, 3.63) is 23.9 Å². The van der Waals surface area contributed by atoms with Crippen molar-refractivity contribution in [1.82, 2.24) is 4.90 Å². The van der Waals surface area contributed by atoms with Gasteiger partial charge in [-0.1, -0.05) is 143 Å². The van der Waals surface area contributed by atoms with E-state index >= 15 is 0 Å². The molecule has 0 aromatic heterocycles. The van der Waals surface area contributed by atoms with Crippen molar-refractivity contribution in [3.8, 4) is 0 Å². The highest BCUT2D eigenvalue weighted by atomic mass is 16.3. The number of aliphatic hydroxyl groups excluding tert-OH is 2. The summed E-state index contributed by atoms with van der Waals surface area (Å²) in [5.41, 5.74) is 0. The van der Waals surface area contributed by atoms with Crippen molar-refractivity contribution in [3.63, 3.8) is 0 Å². The smallest absolute Gasteiger partial charge is 0.108 e. The van der Waals surface area contributed by atoms with Crippen LogP contribution in [0.2, 0.25) is 0 Å². The lowest BCUT2D eigenvalue weighted by atomic mass is 10.1. The van der Waals surface area contributed by atoms with E-state index in [2.05, 4.69) is 20.8 Å². The SMILES string of the molecule is CCCCCCCCCCCCN(C=C(O)CCCCCCCC)C=C(O)CCCCCCCC. The molecule has 0 aliphatic carbocycles. The molecule has 0 aliphatic heterocycles. The molecular formula is C32H63NO2. The van der Waals surface area contributed by atoms with Crippen LogP contribution < -0.4 is 0 Å². The van der Waals surface area contributed by atoms with E-state index in [1.807, 2.05) is 17.3 Å². The Hall–Kier alpha value is -1.12. The third-order valence-corrected chi connectivity index (χ3v) is 6.97. The van der Waals surface area contributed by atoms with Crippen molar-refractivity contribution in [1.29, 1.82) is 0 Å². The number of aliphatic hydroxyl groups is 2. The normalized spacial score (nSPS) is 12.4. The molecular weight excluding hydrogens is 430 g/mol. The van der Waals surface area contributed by atoms with E-state index < -0.39 is 0 Å². The van der Waals surface area contributed by atoms with Crippen LogP contribution in [0.3, 0.4) is 0 Å². The highest BCUT2D eigenvalue weighted by molar-refractivity contribution is 4.99. The minimum atomic E-state index is 0.455. The van der Waals surface area contributed by atoms with Gasteiger partial charge in [0.1, 0.15) is 11.5 Å². The number of hydrogen-bond acceptors (Lipinski definition) is 3. The Bertz CT molecular complexity index is 454. The topological polar surface area (TPSA) is 43.7 Å². The Labute approximate surface area is 220 Å². The Morgan fingerprint density at radius 3 is 1.06 bits per heavy atom. The lowest BCUT2D eigenvalue weighted by Crippen LogP contribution is -2.14. The van der Waals surface area contributed by atoms with Crippen LogP contribution in [0.25, 0.3) is 0 Å². The molecule has 35 heavy (non-hydrogen) atoms. The van der Waals surface area contributed by atoms with E-state index in [-0.39, 0.29) is 0 Å². The van der Waals surface area contributed by atoms with Crippen molar-refractivity contribution in [2.45, 2.75) is 175 Å². The second kappa shape index (κ2) is 27.5. The summed E-state index contributed by atoms with van der Waals surface area (Å²) >= 11 is 0. The molecule has 0 bridgehead atoms. The molecule has 0 aliphatic rings. The first kappa shape index (κ1) is 33.9. The lowest BCUT2D eigenvalue weighted by Gasteiger charge is -2.17. The largest absolute Gasteiger partial charge is 0.511 e. The zero-order valence-electron chi connectivity index (χ0n) is 24.2. The number of allylic oxidation sites excluding steroid dienone is 2. The number of hydrogen-bond donors (Lipinski definition) is 2. The molecule has 3 heteroatoms. The Morgan fingerprint density at radius 2 is 0.714 bits per heavy atom. The van der Waals surface area contributed by atoms with Crippen LogP contribution in [-0.4, -0.2) is 21.7 Å². The molecule has 0 saturated heterocycles. The van der Waals surface area contributed by atoms with Gasteiger partial charge in [0.2, 0.25) is 0 Å². The molecule has 0 unspecified atom stereocenters. The van der Waals surface area contributed by atoms with Gasteiger partial charge in [-0.15, -0.1) is 0 Å². The maximum Gasteiger partial charge on any atom is 0.108 e. The molecule has 0 radical (unpaired) electrons. The average molecular weight is 494 g/mol. The highest BCUT2D eigenvalue weighted by Crippen LogP contribution is 2.15. The van der Waals surface area contributed by atoms with Crippen molar-refractivity contribution >= 4 is 0 Å². The van der Waals surface area contributed by atoms with Gasteiger partial charge in [0.15, 0.2) is 0 Å². The number of unbranched alkanes of at least 4 members (excludes halogenated alkanes) is 19. The monoisotopic (exact) mass is 493 g/mol. The molecule has 2 N–H and O–H groups in total. The van der Waals surface area contributed by atoms with E-state index in [0.29, 0.717) is 11.5 Å². The molecule has 0 spiro atoms. The zero-order chi connectivity index (χ0) is 25.8. The van der Waals surface area contributed by atoms with Gasteiger partial charge in [-0.3, -0.25) is 0 Å². The average Bonchev–Trinajstić information content (AvgIpc) is 2.84. The van der Waals surface area contributed by atoms with Crippen molar-refractivity contribution < 1.29 is 10.2 Å². The predicted octanol–water partition coefficient (Wildman–Crippen LogP) is 11.5. The van der Waals surface area contributed by atoms with Crippen LogP contribution in [0.15, 0.2) is 23.9 Å². The predicted molar refractivity (Wildman–Crippen MR) is 156 cm³/mol. The quantitative estimate of drug-likeness (QED) is 0.0883. The third-order valence-electron chi connectivity index (χ3n) is 6.97. The summed E-state index contributed by atoms with van der Waals surface area (Å²) in [5.74, 6) is 0.910. The fourth-order valence-corrected chi connectivity index (χ4v) is 4.63. The maximum atomic E-state index is 10.5. The summed E-state index contributed by atoms with van der Waals surface area (Å²) < 4.78 is 0. The van der Waals surface area contributed by atoms with Gasteiger partial charge in [0, 0.05) is 31.8 Å². The minimum Gasteiger partial charge on any atom is -0.511 e. The second-order valence-corrected chi connectivity index (χ2v) is 10.7. The summed E-state index contributed by atoms with van der Waals surface area (Å²) in [6, 6.07) is 0. The summed E-state index contributed by atoms with van der Waals surface area (Å²) in [6.45, 7) is 7.63. The van der Waals surface area contributed by atoms with E-state index in [0.717, 1.165) is 38.6 Å². The molecule has 3 nitrogen and oxygen atoms in total. The van der Waals surface area contributed by atoms with Gasteiger partial charge in [0.25, 0.3) is 0 Å². The summed E-state index contributed by atoms with van der Waals surface area (Å²) in [4.78, 5) is 2.05. The van der Waals surface area contributed by atoms with Crippen LogP contribution in [0.5, 0.6) is 0 Å². The van der Waals surface area contributed by atoms with Crippen LogP contribution in [-0.2, 0) is 0 Å². The van der Waals surface area contributed by atoms with Gasteiger partial charge < -0.3 is 15.1 Å². The molecule has 0 heterocycles. The molecule has 0 atom stereocenters. The Morgan fingerprint density at radius 1 is 0.429 bits per heavy atom. The van der Waals surface area contributed by atoms with Crippen LogP contribution in [0.4, 0.5) is 0 Å². The molecule has 0 saturated carbocycles. The molecule has 208 valence electrons. The summed E-state index contributed by atoms with van der Waals surface area (Å²) in [5, 5.41) is 21.0. The maximum absolute atomic E-state index is 10.5. The Kier molecular flexibility index (Phi) is 26.6. The van der Waals surface area contributed by atoms with Gasteiger partial charge in [-0.05, 0) is 19.3 Å². The first-order valence-electron chi connectivity index (χ1n) is 15.7. The first-order valence-corrected chi connectivity index (χ1v) is 15.7. The molecule has 0 rings (SSSR count). The number of rotatable bonds is 27. The van der Waals surface area contributed by atoms with Gasteiger partial charge in [-0.2, -0.15) is 0 Å². The zero-order valence-corrected chi connectivity index (χ0v) is 24.2. The van der Waals surface area contributed by atoms with E-state index in [1.165, 1.54) is 122 Å². The van der Waals surface area contributed by atoms with Gasteiger partial charge in [-0.25, -0.2) is 0 Å². The van der Waals surface area contributed by atoms with E-state index in [1.54, 1.807) is 0 Å². The van der Waals surface area contributed by atoms with Gasteiger partial charge in [0.05, 0.1) is 0 Å². The van der Waals surface area contributed by atoms with Crippen LogP contribution in [0, 0.1) is 0 Å². The fraction of sp³-hybridized carbons (Fsp3) is 0.875. The molecule has 0 amide bonds.